The number of nitro benzene ring substituents is 1. The third-order valence-electron chi connectivity index (χ3n) is 3.59. The van der Waals surface area contributed by atoms with E-state index < -0.39 is 4.92 Å². The number of hydrogen-bond donors (Lipinski definition) is 1. The molecule has 0 aromatic heterocycles. The SMILES string of the molecule is Cc1c(N=Nc2ccccc2[N+](=O)[O-])c(O)cc2ccccc12. The molecule has 0 saturated carbocycles. The number of phenolic OH excluding ortho intramolecular Hbond substituents is 1. The number of nitro groups is 1. The van der Waals surface area contributed by atoms with Crippen molar-refractivity contribution in [1.29, 1.82) is 0 Å². The molecule has 0 heterocycles. The van der Waals surface area contributed by atoms with Crippen molar-refractivity contribution in [2.75, 3.05) is 0 Å². The van der Waals surface area contributed by atoms with Gasteiger partial charge in [-0.25, -0.2) is 0 Å². The second-order valence-corrected chi connectivity index (χ2v) is 5.04. The average Bonchev–Trinajstić information content (AvgIpc) is 2.55. The molecular weight excluding hydrogens is 294 g/mol. The lowest BCUT2D eigenvalue weighted by Gasteiger charge is -2.07. The van der Waals surface area contributed by atoms with Gasteiger partial charge >= 0.3 is 0 Å². The number of benzene rings is 3. The van der Waals surface area contributed by atoms with E-state index in [1.165, 1.54) is 12.1 Å². The highest BCUT2D eigenvalue weighted by molar-refractivity contribution is 5.91. The van der Waals surface area contributed by atoms with E-state index >= 15 is 0 Å². The molecule has 0 spiro atoms. The Kier molecular flexibility index (Phi) is 3.72. The van der Waals surface area contributed by atoms with Gasteiger partial charge in [0.2, 0.25) is 0 Å². The normalized spacial score (nSPS) is 11.2. The van der Waals surface area contributed by atoms with Crippen LogP contribution in [0.5, 0.6) is 5.75 Å². The Morgan fingerprint density at radius 1 is 1.04 bits per heavy atom. The fraction of sp³-hybridized carbons (Fsp3) is 0.0588. The molecule has 0 aliphatic carbocycles. The van der Waals surface area contributed by atoms with Crippen molar-refractivity contribution in [2.45, 2.75) is 6.92 Å². The van der Waals surface area contributed by atoms with E-state index in [1.54, 1.807) is 18.2 Å². The summed E-state index contributed by atoms with van der Waals surface area (Å²) in [6.07, 6.45) is 0. The summed E-state index contributed by atoms with van der Waals surface area (Å²) in [7, 11) is 0. The number of azo groups is 1. The van der Waals surface area contributed by atoms with Crippen LogP contribution in [0.25, 0.3) is 10.8 Å². The number of fused-ring (bicyclic) bond motifs is 1. The van der Waals surface area contributed by atoms with Crippen LogP contribution in [-0.2, 0) is 0 Å². The van der Waals surface area contributed by atoms with Crippen LogP contribution in [0.1, 0.15) is 5.56 Å². The summed E-state index contributed by atoms with van der Waals surface area (Å²) in [5, 5.41) is 31.0. The molecule has 6 heteroatoms. The Bertz CT molecular complexity index is 936. The summed E-state index contributed by atoms with van der Waals surface area (Å²) >= 11 is 0. The maximum absolute atomic E-state index is 11.0. The molecule has 0 amide bonds. The second kappa shape index (κ2) is 5.84. The van der Waals surface area contributed by atoms with Gasteiger partial charge in [0.1, 0.15) is 11.4 Å². The highest BCUT2D eigenvalue weighted by Gasteiger charge is 2.13. The first-order valence-corrected chi connectivity index (χ1v) is 6.94. The zero-order valence-corrected chi connectivity index (χ0v) is 12.3. The fourth-order valence-corrected chi connectivity index (χ4v) is 2.43. The zero-order valence-electron chi connectivity index (χ0n) is 12.3. The molecule has 0 radical (unpaired) electrons. The van der Waals surface area contributed by atoms with Crippen molar-refractivity contribution in [3.05, 3.63) is 70.3 Å². The number of nitrogens with zero attached hydrogens (tertiary/aromatic N) is 3. The summed E-state index contributed by atoms with van der Waals surface area (Å²) in [4.78, 5) is 10.5. The smallest absolute Gasteiger partial charge is 0.296 e. The van der Waals surface area contributed by atoms with E-state index in [2.05, 4.69) is 10.2 Å². The van der Waals surface area contributed by atoms with Crippen LogP contribution in [0.2, 0.25) is 0 Å². The van der Waals surface area contributed by atoms with Gasteiger partial charge in [0, 0.05) is 6.07 Å². The van der Waals surface area contributed by atoms with Crippen molar-refractivity contribution in [2.24, 2.45) is 10.2 Å². The first-order valence-electron chi connectivity index (χ1n) is 6.94. The van der Waals surface area contributed by atoms with Crippen molar-refractivity contribution < 1.29 is 10.0 Å². The maximum atomic E-state index is 11.0. The van der Waals surface area contributed by atoms with Crippen molar-refractivity contribution >= 4 is 27.8 Å². The van der Waals surface area contributed by atoms with Gasteiger partial charge < -0.3 is 5.11 Å². The summed E-state index contributed by atoms with van der Waals surface area (Å²) in [6.45, 7) is 1.83. The largest absolute Gasteiger partial charge is 0.506 e. The van der Waals surface area contributed by atoms with Gasteiger partial charge in [-0.15, -0.1) is 10.2 Å². The van der Waals surface area contributed by atoms with E-state index in [4.69, 9.17) is 0 Å². The van der Waals surface area contributed by atoms with E-state index in [-0.39, 0.29) is 17.1 Å². The van der Waals surface area contributed by atoms with Gasteiger partial charge in [0.15, 0.2) is 5.69 Å². The molecule has 0 unspecified atom stereocenters. The molecule has 0 fully saturated rings. The zero-order chi connectivity index (χ0) is 16.4. The maximum Gasteiger partial charge on any atom is 0.296 e. The van der Waals surface area contributed by atoms with Crippen LogP contribution in [0.4, 0.5) is 17.1 Å². The van der Waals surface area contributed by atoms with Gasteiger partial charge in [-0.05, 0) is 35.4 Å². The Labute approximate surface area is 131 Å². The average molecular weight is 307 g/mol. The van der Waals surface area contributed by atoms with Crippen molar-refractivity contribution in [3.63, 3.8) is 0 Å². The number of aromatic hydroxyl groups is 1. The quantitative estimate of drug-likeness (QED) is 0.411. The summed E-state index contributed by atoms with van der Waals surface area (Å²) in [5.74, 6) is -0.0106. The van der Waals surface area contributed by atoms with Crippen LogP contribution in [-0.4, -0.2) is 10.0 Å². The first kappa shape index (κ1) is 14.6. The Morgan fingerprint density at radius 3 is 2.52 bits per heavy atom. The Morgan fingerprint density at radius 2 is 1.74 bits per heavy atom. The molecule has 0 bridgehead atoms. The van der Waals surface area contributed by atoms with Crippen LogP contribution in [0.15, 0.2) is 64.8 Å². The van der Waals surface area contributed by atoms with Crippen molar-refractivity contribution in [3.8, 4) is 5.75 Å². The molecular formula is C17H13N3O3. The van der Waals surface area contributed by atoms with Crippen molar-refractivity contribution in [1.82, 2.24) is 0 Å². The monoisotopic (exact) mass is 307 g/mol. The summed E-state index contributed by atoms with van der Waals surface area (Å²) in [5.41, 5.74) is 1.09. The lowest BCUT2D eigenvalue weighted by Crippen LogP contribution is -1.87. The standard InChI is InChI=1S/C17H13N3O3/c1-11-13-7-3-2-6-12(13)10-16(21)17(11)19-18-14-8-4-5-9-15(14)20(22)23/h2-10,21H,1H3. The van der Waals surface area contributed by atoms with Crippen LogP contribution < -0.4 is 0 Å². The molecule has 23 heavy (non-hydrogen) atoms. The first-order chi connectivity index (χ1) is 11.1. The molecule has 0 atom stereocenters. The van der Waals surface area contributed by atoms with Gasteiger partial charge in [-0.1, -0.05) is 36.4 Å². The minimum atomic E-state index is -0.512. The predicted octanol–water partition coefficient (Wildman–Crippen LogP) is 5.18. The predicted molar refractivity (Wildman–Crippen MR) is 87.6 cm³/mol. The second-order valence-electron chi connectivity index (χ2n) is 5.04. The molecule has 3 aromatic carbocycles. The van der Waals surface area contributed by atoms with E-state index in [0.717, 1.165) is 16.3 Å². The molecule has 1 N–H and O–H groups in total. The molecule has 0 aliphatic rings. The van der Waals surface area contributed by atoms with Crippen LogP contribution >= 0.6 is 0 Å². The van der Waals surface area contributed by atoms with Crippen LogP contribution in [0.3, 0.4) is 0 Å². The summed E-state index contributed by atoms with van der Waals surface area (Å²) in [6, 6.07) is 15.3. The number of aryl methyl sites for hydroxylation is 1. The van der Waals surface area contributed by atoms with E-state index in [1.807, 2.05) is 31.2 Å². The molecule has 0 saturated heterocycles. The number of rotatable bonds is 3. The van der Waals surface area contributed by atoms with E-state index in [9.17, 15) is 15.2 Å². The van der Waals surface area contributed by atoms with Gasteiger partial charge in [0.25, 0.3) is 5.69 Å². The number of para-hydroxylation sites is 1. The summed E-state index contributed by atoms with van der Waals surface area (Å²) < 4.78 is 0. The number of hydrogen-bond acceptors (Lipinski definition) is 5. The molecule has 6 nitrogen and oxygen atoms in total. The lowest BCUT2D eigenvalue weighted by molar-refractivity contribution is -0.384. The number of phenols is 1. The van der Waals surface area contributed by atoms with Gasteiger partial charge in [0.05, 0.1) is 4.92 Å². The lowest BCUT2D eigenvalue weighted by atomic mass is 10.0. The Balaban J connectivity index is 2.10. The third kappa shape index (κ3) is 2.74. The van der Waals surface area contributed by atoms with Gasteiger partial charge in [-0.2, -0.15) is 0 Å². The highest BCUT2D eigenvalue weighted by Crippen LogP contribution is 2.38. The minimum Gasteiger partial charge on any atom is -0.506 e. The fourth-order valence-electron chi connectivity index (χ4n) is 2.43. The molecule has 3 aromatic rings. The Hall–Kier alpha value is -3.28. The topological polar surface area (TPSA) is 88.1 Å². The van der Waals surface area contributed by atoms with E-state index in [0.29, 0.717) is 5.69 Å². The third-order valence-corrected chi connectivity index (χ3v) is 3.59. The van der Waals surface area contributed by atoms with Crippen LogP contribution in [0, 0.1) is 17.0 Å². The highest BCUT2D eigenvalue weighted by atomic mass is 16.6. The molecule has 3 rings (SSSR count). The molecule has 114 valence electrons. The minimum absolute atomic E-state index is 0.0106. The molecule has 0 aliphatic heterocycles. The van der Waals surface area contributed by atoms with Gasteiger partial charge in [-0.3, -0.25) is 10.1 Å².